The van der Waals surface area contributed by atoms with Crippen LogP contribution >= 0.6 is 0 Å². The van der Waals surface area contributed by atoms with Gasteiger partial charge in [0.1, 0.15) is 0 Å². The first kappa shape index (κ1) is 19.3. The summed E-state index contributed by atoms with van der Waals surface area (Å²) in [6.45, 7) is 3.71. The van der Waals surface area contributed by atoms with Crippen molar-refractivity contribution >= 4 is 32.5 Å². The van der Waals surface area contributed by atoms with E-state index in [-0.39, 0.29) is 17.2 Å². The van der Waals surface area contributed by atoms with E-state index in [2.05, 4.69) is 18.0 Å². The van der Waals surface area contributed by atoms with Crippen LogP contribution in [0.25, 0.3) is 10.9 Å². The SMILES string of the molecule is Cc1ccc2c(c1)c1c(n2S(=O)(=O)c2ccc3c(c2)CC(=O)N3C)CCCN(C)C1. The molecular weight excluding hydrogens is 398 g/mol. The maximum Gasteiger partial charge on any atom is 0.268 e. The molecule has 0 saturated carbocycles. The molecule has 0 radical (unpaired) electrons. The molecule has 2 aliphatic heterocycles. The van der Waals surface area contributed by atoms with E-state index in [9.17, 15) is 13.2 Å². The van der Waals surface area contributed by atoms with Crippen LogP contribution in [0.3, 0.4) is 0 Å². The number of hydrogen-bond acceptors (Lipinski definition) is 4. The lowest BCUT2D eigenvalue weighted by Gasteiger charge is -2.14. The molecule has 7 heteroatoms. The number of fused-ring (bicyclic) bond motifs is 4. The molecule has 0 saturated heterocycles. The quantitative estimate of drug-likeness (QED) is 0.636. The first-order chi connectivity index (χ1) is 14.3. The van der Waals surface area contributed by atoms with Gasteiger partial charge in [0.25, 0.3) is 10.0 Å². The van der Waals surface area contributed by atoms with Crippen LogP contribution in [-0.4, -0.2) is 43.8 Å². The predicted molar refractivity (Wildman–Crippen MR) is 117 cm³/mol. The summed E-state index contributed by atoms with van der Waals surface area (Å²) in [6.07, 6.45) is 1.88. The van der Waals surface area contributed by atoms with Crippen LogP contribution < -0.4 is 4.90 Å². The van der Waals surface area contributed by atoms with E-state index in [1.54, 1.807) is 34.1 Å². The molecule has 0 N–H and O–H groups in total. The van der Waals surface area contributed by atoms with Crippen molar-refractivity contribution in [3.63, 3.8) is 0 Å². The zero-order valence-corrected chi connectivity index (χ0v) is 18.3. The molecule has 0 unspecified atom stereocenters. The van der Waals surface area contributed by atoms with Crippen LogP contribution in [-0.2, 0) is 34.2 Å². The Morgan fingerprint density at radius 2 is 1.83 bits per heavy atom. The summed E-state index contributed by atoms with van der Waals surface area (Å²) in [4.78, 5) is 16.1. The molecule has 1 amide bonds. The third kappa shape index (κ3) is 2.80. The van der Waals surface area contributed by atoms with Crippen molar-refractivity contribution in [3.05, 3.63) is 58.8 Å². The average Bonchev–Trinajstić information content (AvgIpc) is 3.07. The number of benzene rings is 2. The van der Waals surface area contributed by atoms with E-state index in [0.29, 0.717) is 0 Å². The van der Waals surface area contributed by atoms with Crippen LogP contribution in [0.5, 0.6) is 0 Å². The topological polar surface area (TPSA) is 62.6 Å². The smallest absolute Gasteiger partial charge is 0.268 e. The number of rotatable bonds is 2. The van der Waals surface area contributed by atoms with Gasteiger partial charge in [-0.25, -0.2) is 12.4 Å². The first-order valence-corrected chi connectivity index (χ1v) is 11.7. The molecule has 0 atom stereocenters. The van der Waals surface area contributed by atoms with Gasteiger partial charge in [0.2, 0.25) is 5.91 Å². The molecule has 3 aromatic rings. The fraction of sp³-hybridized carbons (Fsp3) is 0.348. The Kier molecular flexibility index (Phi) is 4.31. The van der Waals surface area contributed by atoms with Gasteiger partial charge >= 0.3 is 0 Å². The lowest BCUT2D eigenvalue weighted by Crippen LogP contribution is -2.20. The number of carbonyl (C=O) groups excluding carboxylic acids is 1. The van der Waals surface area contributed by atoms with E-state index in [1.165, 1.54) is 0 Å². The van der Waals surface area contributed by atoms with Gasteiger partial charge in [0.15, 0.2) is 0 Å². The molecule has 30 heavy (non-hydrogen) atoms. The Morgan fingerprint density at radius 1 is 1.03 bits per heavy atom. The predicted octanol–water partition coefficient (Wildman–Crippen LogP) is 3.08. The molecule has 2 aliphatic rings. The number of carbonyl (C=O) groups is 1. The highest BCUT2D eigenvalue weighted by Gasteiger charge is 2.31. The summed E-state index contributed by atoms with van der Waals surface area (Å²) >= 11 is 0. The van der Waals surface area contributed by atoms with Crippen molar-refractivity contribution in [3.8, 4) is 0 Å². The minimum absolute atomic E-state index is 0.0154. The second-order valence-corrected chi connectivity index (χ2v) is 10.3. The van der Waals surface area contributed by atoms with Gasteiger partial charge < -0.3 is 9.80 Å². The van der Waals surface area contributed by atoms with Gasteiger partial charge in [-0.1, -0.05) is 11.6 Å². The second-order valence-electron chi connectivity index (χ2n) is 8.48. The van der Waals surface area contributed by atoms with Gasteiger partial charge in [-0.3, -0.25) is 4.79 Å². The minimum Gasteiger partial charge on any atom is -0.315 e. The minimum atomic E-state index is -3.80. The van der Waals surface area contributed by atoms with Gasteiger partial charge in [0, 0.05) is 30.4 Å². The van der Waals surface area contributed by atoms with Crippen LogP contribution in [0.4, 0.5) is 5.69 Å². The Morgan fingerprint density at radius 3 is 2.63 bits per heavy atom. The van der Waals surface area contributed by atoms with Crippen molar-refractivity contribution in [2.24, 2.45) is 0 Å². The average molecular weight is 424 g/mol. The van der Waals surface area contributed by atoms with E-state index in [1.807, 2.05) is 19.1 Å². The molecule has 156 valence electrons. The van der Waals surface area contributed by atoms with E-state index >= 15 is 0 Å². The van der Waals surface area contributed by atoms with Crippen LogP contribution in [0.1, 0.15) is 28.8 Å². The number of likely N-dealkylation sites (N-methyl/N-ethyl adjacent to an activating group) is 1. The molecule has 0 bridgehead atoms. The zero-order valence-electron chi connectivity index (χ0n) is 17.5. The number of aromatic nitrogens is 1. The zero-order chi connectivity index (χ0) is 21.2. The summed E-state index contributed by atoms with van der Waals surface area (Å²) < 4.78 is 29.3. The van der Waals surface area contributed by atoms with Crippen molar-refractivity contribution in [1.29, 1.82) is 0 Å². The molecule has 0 spiro atoms. The Hall–Kier alpha value is -2.64. The van der Waals surface area contributed by atoms with E-state index in [0.717, 1.165) is 64.9 Å². The maximum atomic E-state index is 13.9. The number of anilines is 1. The van der Waals surface area contributed by atoms with Crippen LogP contribution in [0, 0.1) is 6.92 Å². The number of hydrogen-bond donors (Lipinski definition) is 0. The van der Waals surface area contributed by atoms with Crippen molar-refractivity contribution < 1.29 is 13.2 Å². The Labute approximate surface area is 176 Å². The summed E-state index contributed by atoms with van der Waals surface area (Å²) in [5.41, 5.74) is 5.39. The van der Waals surface area contributed by atoms with Gasteiger partial charge in [-0.05, 0) is 74.8 Å². The molecule has 1 aromatic heterocycles. The molecule has 6 nitrogen and oxygen atoms in total. The number of amides is 1. The number of nitrogens with zero attached hydrogens (tertiary/aromatic N) is 3. The van der Waals surface area contributed by atoms with E-state index in [4.69, 9.17) is 0 Å². The van der Waals surface area contributed by atoms with Gasteiger partial charge in [-0.2, -0.15) is 0 Å². The van der Waals surface area contributed by atoms with Crippen LogP contribution in [0.2, 0.25) is 0 Å². The normalized spacial score (nSPS) is 17.3. The maximum absolute atomic E-state index is 13.9. The van der Waals surface area contributed by atoms with Crippen LogP contribution in [0.15, 0.2) is 41.3 Å². The molecule has 0 fully saturated rings. The van der Waals surface area contributed by atoms with Crippen molar-refractivity contribution in [2.75, 3.05) is 25.5 Å². The van der Waals surface area contributed by atoms with E-state index < -0.39 is 10.0 Å². The number of aryl methyl sites for hydroxylation is 1. The standard InChI is InChI=1S/C23H25N3O3S/c1-15-6-8-22-18(11-15)19-14-24(2)10-4-5-21(19)26(22)30(28,29)17-7-9-20-16(12-17)13-23(27)25(20)3/h6-9,11-12H,4-5,10,13-14H2,1-3H3. The first-order valence-electron chi connectivity index (χ1n) is 10.2. The Balaban J connectivity index is 1.74. The second kappa shape index (κ2) is 6.68. The summed E-state index contributed by atoms with van der Waals surface area (Å²) in [7, 11) is 0.00422. The van der Waals surface area contributed by atoms with Gasteiger partial charge in [-0.15, -0.1) is 0 Å². The fourth-order valence-corrected chi connectivity index (χ4v) is 6.43. The lowest BCUT2D eigenvalue weighted by molar-refractivity contribution is -0.117. The summed E-state index contributed by atoms with van der Waals surface area (Å²) in [6, 6.07) is 11.0. The van der Waals surface area contributed by atoms with Crippen molar-refractivity contribution in [2.45, 2.75) is 37.6 Å². The molecule has 0 aliphatic carbocycles. The highest BCUT2D eigenvalue weighted by molar-refractivity contribution is 7.90. The largest absolute Gasteiger partial charge is 0.315 e. The molecule has 3 heterocycles. The highest BCUT2D eigenvalue weighted by Crippen LogP contribution is 2.36. The van der Waals surface area contributed by atoms with Crippen molar-refractivity contribution in [1.82, 2.24) is 8.87 Å². The monoisotopic (exact) mass is 423 g/mol. The van der Waals surface area contributed by atoms with Gasteiger partial charge in [0.05, 0.1) is 16.8 Å². The Bertz CT molecular complexity index is 1310. The highest BCUT2D eigenvalue weighted by atomic mass is 32.2. The summed E-state index contributed by atoms with van der Waals surface area (Å²) in [5.74, 6) is -0.0154. The molecular formula is C23H25N3O3S. The molecule has 5 rings (SSSR count). The fourth-order valence-electron chi connectivity index (χ4n) is 4.77. The molecule has 2 aromatic carbocycles. The summed E-state index contributed by atoms with van der Waals surface area (Å²) in [5, 5.41) is 1.01. The third-order valence-electron chi connectivity index (χ3n) is 6.34. The third-order valence-corrected chi connectivity index (χ3v) is 8.08. The lowest BCUT2D eigenvalue weighted by atomic mass is 10.1.